The van der Waals surface area contributed by atoms with Crippen LogP contribution in [0.2, 0.25) is 0 Å². The third-order valence-electron chi connectivity index (χ3n) is 4.06. The van der Waals surface area contributed by atoms with Crippen molar-refractivity contribution in [3.63, 3.8) is 0 Å². The van der Waals surface area contributed by atoms with E-state index in [0.717, 1.165) is 16.4 Å². The predicted octanol–water partition coefficient (Wildman–Crippen LogP) is 2.95. The Morgan fingerprint density at radius 2 is 2.04 bits per heavy atom. The number of carbonyl (C=O) groups excluding carboxylic acids is 2. The normalized spacial score (nSPS) is 10.9. The highest BCUT2D eigenvalue weighted by atomic mass is 32.2. The molecule has 0 saturated heterocycles. The first-order chi connectivity index (χ1) is 12.8. The Balaban J connectivity index is 2.03. The van der Waals surface area contributed by atoms with Crippen molar-refractivity contribution in [3.8, 4) is 5.69 Å². The molecule has 1 aromatic heterocycles. The Bertz CT molecular complexity index is 801. The van der Waals surface area contributed by atoms with Gasteiger partial charge in [0.25, 0.3) is 0 Å². The SMILES string of the molecule is CCN(CC(=O)NC(C)C)C(=O)CSc1nccn1-c1ccc(C)cc1C. The quantitative estimate of drug-likeness (QED) is 0.706. The van der Waals surface area contributed by atoms with Crippen molar-refractivity contribution in [3.05, 3.63) is 41.7 Å². The second kappa shape index (κ2) is 9.60. The maximum atomic E-state index is 12.5. The van der Waals surface area contributed by atoms with Gasteiger partial charge < -0.3 is 10.2 Å². The minimum Gasteiger partial charge on any atom is -0.352 e. The monoisotopic (exact) mass is 388 g/mol. The van der Waals surface area contributed by atoms with E-state index >= 15 is 0 Å². The minimum atomic E-state index is -0.137. The zero-order valence-electron chi connectivity index (χ0n) is 16.7. The average Bonchev–Trinajstić information content (AvgIpc) is 3.05. The van der Waals surface area contributed by atoms with E-state index in [0.29, 0.717) is 6.54 Å². The summed E-state index contributed by atoms with van der Waals surface area (Å²) >= 11 is 1.38. The van der Waals surface area contributed by atoms with E-state index in [1.54, 1.807) is 11.1 Å². The number of hydrogen-bond acceptors (Lipinski definition) is 4. The van der Waals surface area contributed by atoms with Crippen LogP contribution in [-0.2, 0) is 9.59 Å². The molecule has 0 bridgehead atoms. The van der Waals surface area contributed by atoms with E-state index in [-0.39, 0.29) is 30.2 Å². The molecule has 0 fully saturated rings. The highest BCUT2D eigenvalue weighted by Crippen LogP contribution is 2.23. The second-order valence-corrected chi connectivity index (χ2v) is 7.73. The molecule has 1 N–H and O–H groups in total. The molecule has 0 spiro atoms. The molecule has 2 rings (SSSR count). The summed E-state index contributed by atoms with van der Waals surface area (Å²) in [5, 5.41) is 3.58. The average molecular weight is 389 g/mol. The fourth-order valence-electron chi connectivity index (χ4n) is 2.79. The number of benzene rings is 1. The van der Waals surface area contributed by atoms with Gasteiger partial charge in [0.05, 0.1) is 18.0 Å². The molecule has 0 aliphatic rings. The molecule has 0 atom stereocenters. The van der Waals surface area contributed by atoms with Gasteiger partial charge in [0.1, 0.15) is 0 Å². The molecule has 2 aromatic rings. The zero-order chi connectivity index (χ0) is 20.0. The van der Waals surface area contributed by atoms with Crippen LogP contribution in [0.4, 0.5) is 0 Å². The molecular weight excluding hydrogens is 360 g/mol. The first kappa shape index (κ1) is 21.0. The fraction of sp³-hybridized carbons (Fsp3) is 0.450. The molecular formula is C20H28N4O2S. The summed E-state index contributed by atoms with van der Waals surface area (Å²) in [6.45, 7) is 10.4. The number of rotatable bonds is 8. The number of nitrogens with one attached hydrogen (secondary N) is 1. The summed E-state index contributed by atoms with van der Waals surface area (Å²) in [6, 6.07) is 6.31. The molecule has 146 valence electrons. The van der Waals surface area contributed by atoms with Crippen molar-refractivity contribution < 1.29 is 9.59 Å². The summed E-state index contributed by atoms with van der Waals surface area (Å²) in [5.74, 6) is 0.0311. The lowest BCUT2D eigenvalue weighted by Gasteiger charge is -2.21. The first-order valence-electron chi connectivity index (χ1n) is 9.12. The molecule has 1 aromatic carbocycles. The van der Waals surface area contributed by atoms with Crippen molar-refractivity contribution in [2.75, 3.05) is 18.8 Å². The van der Waals surface area contributed by atoms with Gasteiger partial charge in [0, 0.05) is 25.0 Å². The maximum absolute atomic E-state index is 12.5. The van der Waals surface area contributed by atoms with Gasteiger partial charge in [0.15, 0.2) is 5.16 Å². The summed E-state index contributed by atoms with van der Waals surface area (Å²) in [5.41, 5.74) is 3.41. The lowest BCUT2D eigenvalue weighted by Crippen LogP contribution is -2.43. The first-order valence-corrected chi connectivity index (χ1v) is 10.1. The Morgan fingerprint density at radius 3 is 2.67 bits per heavy atom. The predicted molar refractivity (Wildman–Crippen MR) is 109 cm³/mol. The van der Waals surface area contributed by atoms with E-state index in [1.807, 2.05) is 31.5 Å². The van der Waals surface area contributed by atoms with Crippen molar-refractivity contribution >= 4 is 23.6 Å². The molecule has 0 radical (unpaired) electrons. The van der Waals surface area contributed by atoms with E-state index in [2.05, 4.69) is 42.3 Å². The van der Waals surface area contributed by atoms with Gasteiger partial charge in [-0.15, -0.1) is 0 Å². The Labute approximate surface area is 165 Å². The number of thioether (sulfide) groups is 1. The van der Waals surface area contributed by atoms with Crippen LogP contribution in [0.15, 0.2) is 35.7 Å². The highest BCUT2D eigenvalue weighted by Gasteiger charge is 2.18. The Hall–Kier alpha value is -2.28. The van der Waals surface area contributed by atoms with E-state index in [4.69, 9.17) is 0 Å². The van der Waals surface area contributed by atoms with E-state index in [1.165, 1.54) is 17.3 Å². The number of imidazole rings is 1. The number of nitrogens with zero attached hydrogens (tertiary/aromatic N) is 3. The molecule has 0 saturated carbocycles. The molecule has 7 heteroatoms. The minimum absolute atomic E-state index is 0.0610. The largest absolute Gasteiger partial charge is 0.352 e. The fourth-order valence-corrected chi connectivity index (χ4v) is 3.66. The third-order valence-corrected chi connectivity index (χ3v) is 5.01. The van der Waals surface area contributed by atoms with Gasteiger partial charge >= 0.3 is 0 Å². The molecule has 2 amide bonds. The van der Waals surface area contributed by atoms with Crippen LogP contribution in [0.1, 0.15) is 31.9 Å². The lowest BCUT2D eigenvalue weighted by atomic mass is 10.1. The maximum Gasteiger partial charge on any atom is 0.239 e. The number of aryl methyl sites for hydroxylation is 2. The highest BCUT2D eigenvalue weighted by molar-refractivity contribution is 7.99. The van der Waals surface area contributed by atoms with Gasteiger partial charge in [0.2, 0.25) is 11.8 Å². The number of amides is 2. The van der Waals surface area contributed by atoms with Crippen LogP contribution in [0.3, 0.4) is 0 Å². The zero-order valence-corrected chi connectivity index (χ0v) is 17.5. The van der Waals surface area contributed by atoms with Crippen molar-refractivity contribution in [2.24, 2.45) is 0 Å². The second-order valence-electron chi connectivity index (χ2n) is 6.79. The lowest BCUT2D eigenvalue weighted by molar-refractivity contribution is -0.134. The standard InChI is InChI=1S/C20H28N4O2S/c1-6-23(12-18(25)22-14(2)3)19(26)13-27-20-21-9-10-24(20)17-8-7-15(4)11-16(17)5/h7-11,14H,6,12-13H2,1-5H3,(H,22,25). The van der Waals surface area contributed by atoms with Crippen LogP contribution in [0.5, 0.6) is 0 Å². The Morgan fingerprint density at radius 1 is 1.30 bits per heavy atom. The van der Waals surface area contributed by atoms with Crippen molar-refractivity contribution in [1.82, 2.24) is 19.8 Å². The molecule has 0 aliphatic heterocycles. The van der Waals surface area contributed by atoms with Gasteiger partial charge in [-0.2, -0.15) is 0 Å². The van der Waals surface area contributed by atoms with Crippen molar-refractivity contribution in [2.45, 2.75) is 45.8 Å². The van der Waals surface area contributed by atoms with Crippen molar-refractivity contribution in [1.29, 1.82) is 0 Å². The molecule has 6 nitrogen and oxygen atoms in total. The van der Waals surface area contributed by atoms with Crippen LogP contribution in [-0.4, -0.2) is 51.1 Å². The molecule has 1 heterocycles. The summed E-state index contributed by atoms with van der Waals surface area (Å²) in [7, 11) is 0. The van der Waals surface area contributed by atoms with Crippen LogP contribution < -0.4 is 5.32 Å². The number of aromatic nitrogens is 2. The van der Waals surface area contributed by atoms with Crippen LogP contribution in [0.25, 0.3) is 5.69 Å². The summed E-state index contributed by atoms with van der Waals surface area (Å²) in [4.78, 5) is 30.4. The summed E-state index contributed by atoms with van der Waals surface area (Å²) in [6.07, 6.45) is 3.64. The molecule has 0 unspecified atom stereocenters. The number of likely N-dealkylation sites (N-methyl/N-ethyl adjacent to an activating group) is 1. The van der Waals surface area contributed by atoms with Crippen LogP contribution >= 0.6 is 11.8 Å². The van der Waals surface area contributed by atoms with E-state index < -0.39 is 0 Å². The molecule has 0 aliphatic carbocycles. The smallest absolute Gasteiger partial charge is 0.239 e. The van der Waals surface area contributed by atoms with E-state index in [9.17, 15) is 9.59 Å². The van der Waals surface area contributed by atoms with Crippen LogP contribution in [0, 0.1) is 13.8 Å². The topological polar surface area (TPSA) is 67.2 Å². The van der Waals surface area contributed by atoms with Gasteiger partial charge in [-0.25, -0.2) is 4.98 Å². The third kappa shape index (κ3) is 5.85. The van der Waals surface area contributed by atoms with Gasteiger partial charge in [-0.3, -0.25) is 14.2 Å². The van der Waals surface area contributed by atoms with Gasteiger partial charge in [-0.1, -0.05) is 29.5 Å². The Kier molecular flexibility index (Phi) is 7.47. The molecule has 27 heavy (non-hydrogen) atoms. The van der Waals surface area contributed by atoms with Gasteiger partial charge in [-0.05, 0) is 46.2 Å². The number of carbonyl (C=O) groups is 2. The summed E-state index contributed by atoms with van der Waals surface area (Å²) < 4.78 is 1.99. The number of hydrogen-bond donors (Lipinski definition) is 1.